The van der Waals surface area contributed by atoms with Crippen molar-refractivity contribution in [2.45, 2.75) is 25.0 Å². The Morgan fingerprint density at radius 3 is 3.21 bits per heavy atom. The molecule has 0 radical (unpaired) electrons. The summed E-state index contributed by atoms with van der Waals surface area (Å²) in [4.78, 5) is 6.56. The molecule has 1 N–H and O–H groups in total. The molecule has 2 aliphatic rings. The van der Waals surface area contributed by atoms with Gasteiger partial charge < -0.3 is 10.1 Å². The van der Waals surface area contributed by atoms with E-state index >= 15 is 0 Å². The van der Waals surface area contributed by atoms with Crippen LogP contribution in [0.15, 0.2) is 18.5 Å². The first-order valence-corrected chi connectivity index (χ1v) is 6.80. The summed E-state index contributed by atoms with van der Waals surface area (Å²) in [6.45, 7) is 3.57. The number of pyridine rings is 1. The summed E-state index contributed by atoms with van der Waals surface area (Å²) in [5.41, 5.74) is 1.42. The van der Waals surface area contributed by atoms with Crippen molar-refractivity contribution >= 4 is 5.69 Å². The smallest absolute Gasteiger partial charge is 0.101 e. The van der Waals surface area contributed by atoms with Crippen LogP contribution >= 0.6 is 0 Å². The lowest BCUT2D eigenvalue weighted by Crippen LogP contribution is -2.46. The van der Waals surface area contributed by atoms with Crippen LogP contribution in [0, 0.1) is 11.3 Å². The van der Waals surface area contributed by atoms with Crippen molar-refractivity contribution in [2.24, 2.45) is 0 Å². The molecule has 1 aliphatic carbocycles. The first-order chi connectivity index (χ1) is 9.36. The van der Waals surface area contributed by atoms with E-state index in [2.05, 4.69) is 21.3 Å². The van der Waals surface area contributed by atoms with Crippen molar-refractivity contribution in [2.75, 3.05) is 31.6 Å². The van der Waals surface area contributed by atoms with Crippen molar-refractivity contribution in [3.63, 3.8) is 0 Å². The maximum Gasteiger partial charge on any atom is 0.101 e. The molecule has 3 rings (SSSR count). The number of nitriles is 1. The van der Waals surface area contributed by atoms with Crippen LogP contribution in [0.1, 0.15) is 18.4 Å². The Labute approximate surface area is 113 Å². The third kappa shape index (κ3) is 3.03. The largest absolute Gasteiger partial charge is 0.380 e. The zero-order valence-corrected chi connectivity index (χ0v) is 10.9. The zero-order chi connectivity index (χ0) is 13.1. The Kier molecular flexibility index (Phi) is 3.62. The summed E-state index contributed by atoms with van der Waals surface area (Å²) in [5, 5.41) is 12.3. The maximum absolute atomic E-state index is 9.02. The van der Waals surface area contributed by atoms with Gasteiger partial charge in [0.1, 0.15) is 6.07 Å². The predicted octanol–water partition coefficient (Wildman–Crippen LogP) is 1.23. The van der Waals surface area contributed by atoms with Gasteiger partial charge in [0.25, 0.3) is 0 Å². The van der Waals surface area contributed by atoms with Crippen LogP contribution in [0.5, 0.6) is 0 Å². The fraction of sp³-hybridized carbons (Fsp3) is 0.571. The molecule has 1 unspecified atom stereocenters. The second-order valence-corrected chi connectivity index (χ2v) is 5.13. The Balaban J connectivity index is 1.55. The van der Waals surface area contributed by atoms with Gasteiger partial charge in [-0.2, -0.15) is 5.26 Å². The Bertz CT molecular complexity index is 481. The zero-order valence-electron chi connectivity index (χ0n) is 10.9. The molecule has 0 aromatic carbocycles. The van der Waals surface area contributed by atoms with Crippen LogP contribution in [0.25, 0.3) is 0 Å². The second-order valence-electron chi connectivity index (χ2n) is 5.13. The number of anilines is 1. The number of nitrogens with zero attached hydrogens (tertiary/aromatic N) is 3. The van der Waals surface area contributed by atoms with Gasteiger partial charge in [-0.15, -0.1) is 0 Å². The number of morpholine rings is 1. The molecule has 2 fully saturated rings. The topological polar surface area (TPSA) is 61.2 Å². The highest BCUT2D eigenvalue weighted by molar-refractivity contribution is 5.55. The average molecular weight is 258 g/mol. The molecule has 5 nitrogen and oxygen atoms in total. The molecule has 1 aromatic heterocycles. The van der Waals surface area contributed by atoms with Crippen LogP contribution in [0.3, 0.4) is 0 Å². The normalized spacial score (nSPS) is 23.8. The highest BCUT2D eigenvalue weighted by Gasteiger charge is 2.32. The average Bonchev–Trinajstić information content (AvgIpc) is 3.30. The van der Waals surface area contributed by atoms with Crippen LogP contribution < -0.4 is 5.32 Å². The number of hydrogen-bond acceptors (Lipinski definition) is 5. The molecule has 1 aromatic rings. The summed E-state index contributed by atoms with van der Waals surface area (Å²) < 4.78 is 5.77. The second kappa shape index (κ2) is 5.55. The molecule has 2 heterocycles. The first-order valence-electron chi connectivity index (χ1n) is 6.80. The van der Waals surface area contributed by atoms with E-state index in [1.165, 1.54) is 12.8 Å². The minimum absolute atomic E-state index is 0.195. The van der Waals surface area contributed by atoms with Crippen molar-refractivity contribution in [3.05, 3.63) is 24.0 Å². The lowest BCUT2D eigenvalue weighted by Gasteiger charge is -2.33. The minimum Gasteiger partial charge on any atom is -0.380 e. The fourth-order valence-electron chi connectivity index (χ4n) is 2.49. The van der Waals surface area contributed by atoms with E-state index in [0.717, 1.165) is 38.0 Å². The maximum atomic E-state index is 9.02. The molecule has 1 atom stereocenters. The van der Waals surface area contributed by atoms with Crippen LogP contribution in [0.2, 0.25) is 0 Å². The summed E-state index contributed by atoms with van der Waals surface area (Å²) in [6.07, 6.45) is 6.19. The molecule has 0 bridgehead atoms. The van der Waals surface area contributed by atoms with E-state index in [4.69, 9.17) is 10.00 Å². The Morgan fingerprint density at radius 1 is 1.53 bits per heavy atom. The van der Waals surface area contributed by atoms with Gasteiger partial charge in [-0.1, -0.05) is 0 Å². The molecule has 0 spiro atoms. The van der Waals surface area contributed by atoms with E-state index < -0.39 is 0 Å². The van der Waals surface area contributed by atoms with Gasteiger partial charge in [0, 0.05) is 31.9 Å². The highest BCUT2D eigenvalue weighted by atomic mass is 16.5. The number of hydrogen-bond donors (Lipinski definition) is 1. The number of nitrogens with one attached hydrogen (secondary N) is 1. The standard InChI is InChI=1S/C14H18N4O/c15-7-11-3-4-16-9-14(11)17-8-13-10-18(5-6-19-13)12-1-2-12/h3-4,9,12-13,17H,1-2,5-6,8,10H2. The number of aromatic nitrogens is 1. The monoisotopic (exact) mass is 258 g/mol. The van der Waals surface area contributed by atoms with Crippen molar-refractivity contribution in [1.29, 1.82) is 5.26 Å². The van der Waals surface area contributed by atoms with Gasteiger partial charge in [-0.25, -0.2) is 0 Å². The van der Waals surface area contributed by atoms with Gasteiger partial charge in [0.2, 0.25) is 0 Å². The van der Waals surface area contributed by atoms with E-state index in [1.807, 2.05) is 0 Å². The Morgan fingerprint density at radius 2 is 2.42 bits per heavy atom. The SMILES string of the molecule is N#Cc1ccncc1NCC1CN(C2CC2)CCO1. The van der Waals surface area contributed by atoms with Gasteiger partial charge in [0.05, 0.1) is 30.2 Å². The van der Waals surface area contributed by atoms with Gasteiger partial charge in [0.15, 0.2) is 0 Å². The van der Waals surface area contributed by atoms with Crippen LogP contribution in [-0.4, -0.2) is 48.3 Å². The molecule has 1 saturated carbocycles. The minimum atomic E-state index is 0.195. The molecule has 100 valence electrons. The summed E-state index contributed by atoms with van der Waals surface area (Å²) in [6, 6.07) is 4.68. The van der Waals surface area contributed by atoms with Crippen molar-refractivity contribution < 1.29 is 4.74 Å². The van der Waals surface area contributed by atoms with Crippen molar-refractivity contribution in [1.82, 2.24) is 9.88 Å². The molecular formula is C14H18N4O. The molecule has 19 heavy (non-hydrogen) atoms. The summed E-state index contributed by atoms with van der Waals surface area (Å²) in [7, 11) is 0. The molecule has 0 amide bonds. The molecule has 1 aliphatic heterocycles. The first kappa shape index (κ1) is 12.4. The van der Waals surface area contributed by atoms with Gasteiger partial charge >= 0.3 is 0 Å². The van der Waals surface area contributed by atoms with Crippen LogP contribution in [-0.2, 0) is 4.74 Å². The highest BCUT2D eigenvalue weighted by Crippen LogP contribution is 2.28. The lowest BCUT2D eigenvalue weighted by atomic mass is 10.2. The van der Waals surface area contributed by atoms with Crippen LogP contribution in [0.4, 0.5) is 5.69 Å². The fourth-order valence-corrected chi connectivity index (χ4v) is 2.49. The Hall–Kier alpha value is -1.64. The predicted molar refractivity (Wildman–Crippen MR) is 71.8 cm³/mol. The summed E-state index contributed by atoms with van der Waals surface area (Å²) >= 11 is 0. The lowest BCUT2D eigenvalue weighted by molar-refractivity contribution is -0.0241. The third-order valence-corrected chi connectivity index (χ3v) is 3.70. The number of ether oxygens (including phenoxy) is 1. The quantitative estimate of drug-likeness (QED) is 0.880. The molecule has 1 saturated heterocycles. The van der Waals surface area contributed by atoms with Crippen molar-refractivity contribution in [3.8, 4) is 6.07 Å². The molecular weight excluding hydrogens is 240 g/mol. The third-order valence-electron chi connectivity index (χ3n) is 3.70. The molecule has 5 heteroatoms. The van der Waals surface area contributed by atoms with E-state index in [9.17, 15) is 0 Å². The van der Waals surface area contributed by atoms with E-state index in [-0.39, 0.29) is 6.10 Å². The van der Waals surface area contributed by atoms with E-state index in [1.54, 1.807) is 18.5 Å². The summed E-state index contributed by atoms with van der Waals surface area (Å²) in [5.74, 6) is 0. The van der Waals surface area contributed by atoms with E-state index in [0.29, 0.717) is 5.56 Å². The van der Waals surface area contributed by atoms with Gasteiger partial charge in [-0.05, 0) is 18.9 Å². The number of rotatable bonds is 4. The van der Waals surface area contributed by atoms with Gasteiger partial charge in [-0.3, -0.25) is 9.88 Å².